The summed E-state index contributed by atoms with van der Waals surface area (Å²) < 4.78 is 28.2. The number of aromatic amines is 1. The lowest BCUT2D eigenvalue weighted by Gasteiger charge is -2.25. The first-order valence-corrected chi connectivity index (χ1v) is 11.5. The Bertz CT molecular complexity index is 1320. The van der Waals surface area contributed by atoms with Crippen LogP contribution >= 0.6 is 0 Å². The summed E-state index contributed by atoms with van der Waals surface area (Å²) in [7, 11) is -3.67. The topological polar surface area (TPSA) is 120 Å². The third-order valence-electron chi connectivity index (χ3n) is 5.26. The first-order chi connectivity index (χ1) is 14.7. The summed E-state index contributed by atoms with van der Waals surface area (Å²) in [5.74, 6) is 0. The van der Waals surface area contributed by atoms with Gasteiger partial charge in [-0.2, -0.15) is 5.10 Å². The number of H-pyrrole nitrogens is 1. The van der Waals surface area contributed by atoms with Gasteiger partial charge >= 0.3 is 0 Å². The molecule has 162 valence electrons. The molecule has 0 radical (unpaired) electrons. The molecule has 4 aromatic rings. The molecular formula is C22H25N5O3S. The molecule has 31 heavy (non-hydrogen) atoms. The van der Waals surface area contributed by atoms with Crippen LogP contribution in [-0.4, -0.2) is 47.8 Å². The van der Waals surface area contributed by atoms with Crippen LogP contribution in [0.2, 0.25) is 0 Å². The smallest absolute Gasteiger partial charge is 0.240 e. The van der Waals surface area contributed by atoms with E-state index in [4.69, 9.17) is 0 Å². The van der Waals surface area contributed by atoms with Crippen LogP contribution in [0.3, 0.4) is 0 Å². The zero-order valence-electron chi connectivity index (χ0n) is 17.3. The van der Waals surface area contributed by atoms with Crippen molar-refractivity contribution in [2.75, 3.05) is 13.1 Å². The largest absolute Gasteiger partial charge is 0.384 e. The number of pyridine rings is 1. The van der Waals surface area contributed by atoms with E-state index < -0.39 is 15.6 Å². The Kier molecular flexibility index (Phi) is 5.76. The Hall–Kier alpha value is -2.85. The molecule has 0 saturated carbocycles. The molecule has 0 aliphatic heterocycles. The highest BCUT2D eigenvalue weighted by molar-refractivity contribution is 7.89. The Morgan fingerprint density at radius 2 is 1.94 bits per heavy atom. The number of rotatable bonds is 8. The molecule has 1 unspecified atom stereocenters. The maximum atomic E-state index is 12.8. The minimum Gasteiger partial charge on any atom is -0.384 e. The Morgan fingerprint density at radius 3 is 2.77 bits per heavy atom. The van der Waals surface area contributed by atoms with Crippen molar-refractivity contribution in [2.45, 2.75) is 30.4 Å². The third-order valence-corrected chi connectivity index (χ3v) is 6.85. The number of fused-ring (bicyclic) bond motifs is 2. The van der Waals surface area contributed by atoms with Crippen molar-refractivity contribution in [3.63, 3.8) is 0 Å². The Morgan fingerprint density at radius 1 is 1.10 bits per heavy atom. The van der Waals surface area contributed by atoms with Crippen LogP contribution in [0.5, 0.6) is 0 Å². The highest BCUT2D eigenvalue weighted by Gasteiger charge is 2.24. The summed E-state index contributed by atoms with van der Waals surface area (Å²) in [6.07, 6.45) is 5.04. The molecular weight excluding hydrogens is 414 g/mol. The Balaban J connectivity index is 1.36. The number of nitrogens with one attached hydrogen (secondary N) is 3. The van der Waals surface area contributed by atoms with E-state index in [-0.39, 0.29) is 17.5 Å². The highest BCUT2D eigenvalue weighted by Crippen LogP contribution is 2.23. The maximum absolute atomic E-state index is 12.8. The molecule has 4 rings (SSSR count). The second kappa shape index (κ2) is 8.35. The summed E-state index contributed by atoms with van der Waals surface area (Å²) in [4.78, 5) is 4.25. The van der Waals surface area contributed by atoms with Crippen molar-refractivity contribution in [1.82, 2.24) is 25.2 Å². The lowest BCUT2D eigenvalue weighted by atomic mass is 9.95. The molecule has 0 spiro atoms. The second-order valence-electron chi connectivity index (χ2n) is 7.98. The molecule has 2 aromatic heterocycles. The van der Waals surface area contributed by atoms with Gasteiger partial charge in [0, 0.05) is 42.3 Å². The quantitative estimate of drug-likeness (QED) is 0.334. The van der Waals surface area contributed by atoms with E-state index in [0.29, 0.717) is 6.54 Å². The zero-order valence-corrected chi connectivity index (χ0v) is 18.1. The molecule has 2 aromatic carbocycles. The summed E-state index contributed by atoms with van der Waals surface area (Å²) in [6.45, 7) is 4.13. The van der Waals surface area contributed by atoms with Crippen LogP contribution in [0.25, 0.3) is 21.7 Å². The van der Waals surface area contributed by atoms with Gasteiger partial charge in [0.1, 0.15) is 0 Å². The van der Waals surface area contributed by atoms with E-state index in [2.05, 4.69) is 25.2 Å². The zero-order chi connectivity index (χ0) is 22.1. The number of sulfonamides is 1. The van der Waals surface area contributed by atoms with E-state index in [1.807, 2.05) is 18.2 Å². The minimum atomic E-state index is -3.67. The van der Waals surface area contributed by atoms with Gasteiger partial charge in [0.2, 0.25) is 10.0 Å². The van der Waals surface area contributed by atoms with Crippen LogP contribution in [0, 0.1) is 0 Å². The first-order valence-electron chi connectivity index (χ1n) is 9.97. The molecule has 0 fully saturated rings. The average Bonchev–Trinajstić information content (AvgIpc) is 3.21. The van der Waals surface area contributed by atoms with Gasteiger partial charge in [-0.3, -0.25) is 10.1 Å². The standard InChI is InChI=1S/C22H25N5O3S/c1-15(27-31(29,30)20-5-3-17-12-23-8-7-16(17)10-20)11-24-14-22(2,28)19-4-6-21-18(9-19)13-25-26-21/h3-10,12-13,15,24,27-28H,11,14H2,1-2H3,(H,25,26)/t15-,22?/m1/s1. The van der Waals surface area contributed by atoms with Crippen LogP contribution < -0.4 is 10.0 Å². The SMILES string of the molecule is C[C@H](CNCC(C)(O)c1ccc2[nH]ncc2c1)NS(=O)(=O)c1ccc2cnccc2c1. The highest BCUT2D eigenvalue weighted by atomic mass is 32.2. The third kappa shape index (κ3) is 4.75. The van der Waals surface area contributed by atoms with E-state index in [1.165, 1.54) is 0 Å². The van der Waals surface area contributed by atoms with Gasteiger partial charge in [-0.1, -0.05) is 12.1 Å². The molecule has 8 nitrogen and oxygen atoms in total. The number of aromatic nitrogens is 3. The van der Waals surface area contributed by atoms with Crippen molar-refractivity contribution in [2.24, 2.45) is 0 Å². The summed E-state index contributed by atoms with van der Waals surface area (Å²) in [5.41, 5.74) is 0.546. The van der Waals surface area contributed by atoms with E-state index in [1.54, 1.807) is 56.7 Å². The van der Waals surface area contributed by atoms with Crippen LogP contribution in [0.1, 0.15) is 19.4 Å². The molecule has 9 heteroatoms. The van der Waals surface area contributed by atoms with Gasteiger partial charge in [0.15, 0.2) is 0 Å². The Labute approximate surface area is 180 Å². The van der Waals surface area contributed by atoms with E-state index >= 15 is 0 Å². The van der Waals surface area contributed by atoms with Gasteiger partial charge in [0.05, 0.1) is 22.2 Å². The normalized spacial score (nSPS) is 15.2. The summed E-state index contributed by atoms with van der Waals surface area (Å²) in [5, 5.41) is 23.5. The van der Waals surface area contributed by atoms with Gasteiger partial charge in [0.25, 0.3) is 0 Å². The molecule has 2 atom stereocenters. The fourth-order valence-corrected chi connectivity index (χ4v) is 4.79. The maximum Gasteiger partial charge on any atom is 0.240 e. The molecule has 4 N–H and O–H groups in total. The number of aliphatic hydroxyl groups is 1. The van der Waals surface area contributed by atoms with E-state index in [0.717, 1.165) is 27.2 Å². The molecule has 2 heterocycles. The van der Waals surface area contributed by atoms with Crippen molar-refractivity contribution in [3.05, 3.63) is 66.6 Å². The molecule has 0 saturated heterocycles. The first kappa shape index (κ1) is 21.4. The predicted octanol–water partition coefficient (Wildman–Crippen LogP) is 2.28. The van der Waals surface area contributed by atoms with Crippen molar-refractivity contribution < 1.29 is 13.5 Å². The van der Waals surface area contributed by atoms with Crippen LogP contribution in [0.15, 0.2) is 66.0 Å². The van der Waals surface area contributed by atoms with Gasteiger partial charge < -0.3 is 10.4 Å². The van der Waals surface area contributed by atoms with Crippen molar-refractivity contribution in [3.8, 4) is 0 Å². The number of benzene rings is 2. The molecule has 0 aliphatic rings. The second-order valence-corrected chi connectivity index (χ2v) is 9.70. The number of hydrogen-bond donors (Lipinski definition) is 4. The fraction of sp³-hybridized carbons (Fsp3) is 0.273. The van der Waals surface area contributed by atoms with E-state index in [9.17, 15) is 13.5 Å². The molecule has 0 amide bonds. The molecule has 0 bridgehead atoms. The predicted molar refractivity (Wildman–Crippen MR) is 120 cm³/mol. The van der Waals surface area contributed by atoms with Gasteiger partial charge in [-0.15, -0.1) is 0 Å². The number of hydrogen-bond acceptors (Lipinski definition) is 6. The summed E-state index contributed by atoms with van der Waals surface area (Å²) >= 11 is 0. The monoisotopic (exact) mass is 439 g/mol. The van der Waals surface area contributed by atoms with Gasteiger partial charge in [-0.05, 0) is 55.1 Å². The fourth-order valence-electron chi connectivity index (χ4n) is 3.51. The lowest BCUT2D eigenvalue weighted by molar-refractivity contribution is 0.0569. The molecule has 0 aliphatic carbocycles. The summed E-state index contributed by atoms with van der Waals surface area (Å²) in [6, 6.07) is 12.0. The van der Waals surface area contributed by atoms with Crippen molar-refractivity contribution in [1.29, 1.82) is 0 Å². The van der Waals surface area contributed by atoms with Crippen LogP contribution in [0.4, 0.5) is 0 Å². The average molecular weight is 440 g/mol. The lowest BCUT2D eigenvalue weighted by Crippen LogP contribution is -2.44. The van der Waals surface area contributed by atoms with Gasteiger partial charge in [-0.25, -0.2) is 13.1 Å². The van der Waals surface area contributed by atoms with Crippen LogP contribution in [-0.2, 0) is 15.6 Å². The number of nitrogens with zero attached hydrogens (tertiary/aromatic N) is 2. The van der Waals surface area contributed by atoms with Crippen molar-refractivity contribution >= 4 is 31.7 Å². The minimum absolute atomic E-state index is 0.207.